The molecule has 0 aromatic carbocycles. The molecule has 0 amide bonds. The van der Waals surface area contributed by atoms with Crippen LogP contribution in [0.4, 0.5) is 8.78 Å². The van der Waals surface area contributed by atoms with Crippen LogP contribution in [0.3, 0.4) is 0 Å². The van der Waals surface area contributed by atoms with Gasteiger partial charge in [0, 0.05) is 6.92 Å². The Morgan fingerprint density at radius 2 is 2.20 bits per heavy atom. The Kier molecular flexibility index (Phi) is 1.72. The number of hydrogen-bond donors (Lipinski definition) is 0. The van der Waals surface area contributed by atoms with E-state index in [1.54, 1.807) is 0 Å². The van der Waals surface area contributed by atoms with Crippen LogP contribution >= 0.6 is 15.9 Å². The molecule has 0 aliphatic carbocycles. The zero-order valence-corrected chi connectivity index (χ0v) is 6.52. The van der Waals surface area contributed by atoms with Crippen molar-refractivity contribution in [2.75, 3.05) is 0 Å². The fourth-order valence-electron chi connectivity index (χ4n) is 0.384. The van der Waals surface area contributed by atoms with Crippen molar-refractivity contribution in [3.8, 4) is 0 Å². The van der Waals surface area contributed by atoms with E-state index in [9.17, 15) is 8.78 Å². The summed E-state index contributed by atoms with van der Waals surface area (Å²) in [6, 6.07) is 0. The Morgan fingerprint density at radius 1 is 1.60 bits per heavy atom. The first-order valence-electron chi connectivity index (χ1n) is 2.37. The molecule has 56 valence electrons. The molecule has 0 aliphatic rings. The highest BCUT2D eigenvalue weighted by Crippen LogP contribution is 2.25. The summed E-state index contributed by atoms with van der Waals surface area (Å²) in [7, 11) is 0. The highest BCUT2D eigenvalue weighted by Gasteiger charge is 2.31. The van der Waals surface area contributed by atoms with Crippen LogP contribution in [-0.2, 0) is 5.92 Å². The van der Waals surface area contributed by atoms with Crippen molar-refractivity contribution in [2.24, 2.45) is 0 Å². The van der Waals surface area contributed by atoms with Gasteiger partial charge in [0.05, 0.1) is 0 Å². The highest BCUT2D eigenvalue weighted by molar-refractivity contribution is 9.10. The Hall–Kier alpha value is -0.520. The molecule has 1 rings (SSSR count). The minimum atomic E-state index is -3.06. The van der Waals surface area contributed by atoms with Gasteiger partial charge < -0.3 is 4.52 Å². The van der Waals surface area contributed by atoms with Crippen molar-refractivity contribution in [3.63, 3.8) is 0 Å². The van der Waals surface area contributed by atoms with Gasteiger partial charge in [-0.25, -0.2) is 0 Å². The number of nitrogens with zero attached hydrogens (tertiary/aromatic N) is 2. The Bertz CT molecular complexity index is 231. The lowest BCUT2D eigenvalue weighted by molar-refractivity contribution is -0.0158. The van der Waals surface area contributed by atoms with Gasteiger partial charge in [0.1, 0.15) is 0 Å². The minimum absolute atomic E-state index is 0.0315. The fraction of sp³-hybridized carbons (Fsp3) is 0.500. The number of halogens is 3. The molecule has 0 saturated heterocycles. The summed E-state index contributed by atoms with van der Waals surface area (Å²) in [5, 5.41) is 3.13. The third-order valence-electron chi connectivity index (χ3n) is 0.777. The molecule has 0 bridgehead atoms. The van der Waals surface area contributed by atoms with E-state index in [0.717, 1.165) is 0 Å². The summed E-state index contributed by atoms with van der Waals surface area (Å²) in [5.74, 6) is -3.74. The molecule has 0 saturated carbocycles. The molecule has 1 heterocycles. The summed E-state index contributed by atoms with van der Waals surface area (Å²) in [6.07, 6.45) is 0. The highest BCUT2D eigenvalue weighted by atomic mass is 79.9. The van der Waals surface area contributed by atoms with E-state index in [2.05, 4.69) is 30.6 Å². The third-order valence-corrected chi connectivity index (χ3v) is 1.10. The van der Waals surface area contributed by atoms with E-state index in [1.807, 2.05) is 0 Å². The molecule has 0 fully saturated rings. The smallest absolute Gasteiger partial charge is 0.322 e. The van der Waals surface area contributed by atoms with E-state index in [0.29, 0.717) is 6.92 Å². The molecule has 6 heteroatoms. The summed E-state index contributed by atoms with van der Waals surface area (Å²) in [4.78, 5) is 3.27. The lowest BCUT2D eigenvalue weighted by atomic mass is 10.4. The molecule has 3 nitrogen and oxygen atoms in total. The fourth-order valence-corrected chi connectivity index (χ4v) is 0.617. The van der Waals surface area contributed by atoms with Gasteiger partial charge in [0.2, 0.25) is 4.73 Å². The first kappa shape index (κ1) is 7.59. The summed E-state index contributed by atoms with van der Waals surface area (Å²) >= 11 is 2.78. The lowest BCUT2D eigenvalue weighted by Crippen LogP contribution is -2.06. The standard InChI is InChI=1S/C4H3BrF2N2O/c1-4(6,7)2-8-3(5)9-10-2/h1H3. The topological polar surface area (TPSA) is 38.9 Å². The third kappa shape index (κ3) is 1.50. The molecular weight excluding hydrogens is 210 g/mol. The van der Waals surface area contributed by atoms with Crippen LogP contribution in [0, 0.1) is 0 Å². The molecule has 0 atom stereocenters. The molecular formula is C4H3BrF2N2O. The van der Waals surface area contributed by atoms with Crippen LogP contribution in [0.15, 0.2) is 9.26 Å². The maximum Gasteiger partial charge on any atom is 0.322 e. The zero-order valence-electron chi connectivity index (χ0n) is 4.94. The van der Waals surface area contributed by atoms with Gasteiger partial charge >= 0.3 is 5.92 Å². The molecule has 0 aliphatic heterocycles. The number of rotatable bonds is 1. The quantitative estimate of drug-likeness (QED) is 0.715. The first-order valence-corrected chi connectivity index (χ1v) is 3.17. The van der Waals surface area contributed by atoms with Crippen LogP contribution in [0.25, 0.3) is 0 Å². The molecule has 0 N–H and O–H groups in total. The van der Waals surface area contributed by atoms with Crippen LogP contribution in [0.1, 0.15) is 12.8 Å². The van der Waals surface area contributed by atoms with E-state index in [-0.39, 0.29) is 4.73 Å². The van der Waals surface area contributed by atoms with Crippen molar-refractivity contribution in [3.05, 3.63) is 10.6 Å². The van der Waals surface area contributed by atoms with Crippen molar-refractivity contribution < 1.29 is 13.3 Å². The van der Waals surface area contributed by atoms with Crippen molar-refractivity contribution in [1.82, 2.24) is 10.1 Å². The SMILES string of the molecule is CC(F)(F)c1nc(Br)no1. The van der Waals surface area contributed by atoms with E-state index in [4.69, 9.17) is 0 Å². The Labute approximate surface area is 63.5 Å². The first-order chi connectivity index (χ1) is 4.50. The molecule has 0 unspecified atom stereocenters. The van der Waals surface area contributed by atoms with Gasteiger partial charge in [-0.3, -0.25) is 0 Å². The predicted octanol–water partition coefficient (Wildman–Crippen LogP) is 1.94. The van der Waals surface area contributed by atoms with Crippen LogP contribution in [-0.4, -0.2) is 10.1 Å². The zero-order chi connectivity index (χ0) is 7.78. The van der Waals surface area contributed by atoms with Crippen molar-refractivity contribution in [2.45, 2.75) is 12.8 Å². The average Bonchev–Trinajstić information content (AvgIpc) is 2.11. The van der Waals surface area contributed by atoms with E-state index < -0.39 is 11.8 Å². The normalized spacial score (nSPS) is 12.0. The van der Waals surface area contributed by atoms with E-state index in [1.165, 1.54) is 0 Å². The van der Waals surface area contributed by atoms with Crippen molar-refractivity contribution >= 4 is 15.9 Å². The lowest BCUT2D eigenvalue weighted by Gasteiger charge is -2.00. The predicted molar refractivity (Wildman–Crippen MR) is 31.6 cm³/mol. The van der Waals surface area contributed by atoms with Crippen LogP contribution in [0.5, 0.6) is 0 Å². The second kappa shape index (κ2) is 2.26. The molecule has 1 aromatic rings. The summed E-state index contributed by atoms with van der Waals surface area (Å²) < 4.78 is 28.7. The monoisotopic (exact) mass is 212 g/mol. The van der Waals surface area contributed by atoms with Gasteiger partial charge in [-0.1, -0.05) is 0 Å². The molecule has 10 heavy (non-hydrogen) atoms. The second-order valence-corrected chi connectivity index (χ2v) is 2.47. The summed E-state index contributed by atoms with van der Waals surface area (Å²) in [5.41, 5.74) is 0. The van der Waals surface area contributed by atoms with Crippen molar-refractivity contribution in [1.29, 1.82) is 0 Å². The summed E-state index contributed by atoms with van der Waals surface area (Å²) in [6.45, 7) is 0.687. The van der Waals surface area contributed by atoms with Gasteiger partial charge in [0.15, 0.2) is 0 Å². The van der Waals surface area contributed by atoms with Gasteiger partial charge in [0.25, 0.3) is 5.89 Å². The largest absolute Gasteiger partial charge is 0.332 e. The minimum Gasteiger partial charge on any atom is -0.332 e. The van der Waals surface area contributed by atoms with Crippen LogP contribution < -0.4 is 0 Å². The van der Waals surface area contributed by atoms with Gasteiger partial charge in [-0.05, 0) is 21.1 Å². The number of aromatic nitrogens is 2. The van der Waals surface area contributed by atoms with E-state index >= 15 is 0 Å². The number of hydrogen-bond acceptors (Lipinski definition) is 3. The molecule has 0 radical (unpaired) electrons. The average molecular weight is 213 g/mol. The molecule has 1 aromatic heterocycles. The Morgan fingerprint density at radius 3 is 2.40 bits per heavy atom. The van der Waals surface area contributed by atoms with Crippen LogP contribution in [0.2, 0.25) is 0 Å². The van der Waals surface area contributed by atoms with Gasteiger partial charge in [-0.2, -0.15) is 13.8 Å². The second-order valence-electron chi connectivity index (χ2n) is 1.76. The maximum atomic E-state index is 12.3. The van der Waals surface area contributed by atoms with Gasteiger partial charge in [-0.15, -0.1) is 0 Å². The maximum absolute atomic E-state index is 12.3. The number of alkyl halides is 2. The molecule has 0 spiro atoms. The Balaban J connectivity index is 2.96.